The van der Waals surface area contributed by atoms with Crippen molar-refractivity contribution in [2.45, 2.75) is 0 Å². The van der Waals surface area contributed by atoms with Crippen LogP contribution in [0.4, 0.5) is 14.4 Å². The van der Waals surface area contributed by atoms with E-state index in [2.05, 4.69) is 9.47 Å². The molecule has 0 fully saturated rings. The molecule has 0 aliphatic carbocycles. The summed E-state index contributed by atoms with van der Waals surface area (Å²) in [6.45, 7) is 0. The van der Waals surface area contributed by atoms with E-state index < -0.39 is 18.5 Å². The van der Waals surface area contributed by atoms with Crippen LogP contribution in [-0.2, 0) is 9.47 Å². The maximum absolute atomic E-state index is 9.86. The van der Waals surface area contributed by atoms with E-state index in [-0.39, 0.29) is 151 Å². The van der Waals surface area contributed by atoms with Crippen LogP contribution >= 0.6 is 0 Å². The van der Waals surface area contributed by atoms with Crippen LogP contribution in [0.15, 0.2) is 0 Å². The van der Waals surface area contributed by atoms with Gasteiger partial charge in [0, 0.05) is 0 Å². The molecule has 0 aromatic carbocycles. The van der Waals surface area contributed by atoms with Crippen molar-refractivity contribution in [3.63, 3.8) is 0 Å². The first-order chi connectivity index (χ1) is 4.52. The van der Waals surface area contributed by atoms with Gasteiger partial charge in [-0.2, -0.15) is 0 Å². The fourth-order valence-electron chi connectivity index (χ4n) is 0.163. The van der Waals surface area contributed by atoms with Crippen LogP contribution in [0.3, 0.4) is 0 Å². The van der Waals surface area contributed by atoms with Crippen molar-refractivity contribution in [1.82, 2.24) is 0 Å². The van der Waals surface area contributed by atoms with Crippen molar-refractivity contribution in [1.29, 1.82) is 0 Å². The Hall–Kier alpha value is 3.25. The van der Waals surface area contributed by atoms with Gasteiger partial charge in [-0.1, -0.05) is 0 Å². The zero-order chi connectivity index (χ0) is 8.15. The monoisotopic (exact) mass is 318 g/mol. The average molecular weight is 318 g/mol. The van der Waals surface area contributed by atoms with Crippen LogP contribution in [0, 0.1) is 0 Å². The van der Waals surface area contributed by atoms with Gasteiger partial charge < -0.3 is 19.7 Å². The van der Waals surface area contributed by atoms with Gasteiger partial charge in [0.2, 0.25) is 0 Å². The van der Waals surface area contributed by atoms with E-state index in [0.29, 0.717) is 0 Å². The molecule has 0 bridgehead atoms. The molecule has 72 valence electrons. The third-order valence-electron chi connectivity index (χ3n) is 0.341. The number of ether oxygens (including phenoxy) is 2. The Kier molecular flexibility index (Phi) is 40.3. The summed E-state index contributed by atoms with van der Waals surface area (Å²) in [6.07, 6.45) is -5.64. The van der Waals surface area contributed by atoms with Crippen LogP contribution in [0.2, 0.25) is 0 Å². The molecule has 11 heteroatoms. The van der Waals surface area contributed by atoms with Crippen molar-refractivity contribution >= 4 is 169 Å². The molecule has 0 saturated carbocycles. The summed E-state index contributed by atoms with van der Waals surface area (Å²) in [4.78, 5) is 28.8. The van der Waals surface area contributed by atoms with E-state index in [1.165, 1.54) is 0 Å². The van der Waals surface area contributed by atoms with E-state index in [4.69, 9.17) is 10.2 Å². The second-order valence-corrected chi connectivity index (χ2v) is 0.986. The van der Waals surface area contributed by atoms with Crippen LogP contribution in [0.5, 0.6) is 0 Å². The van der Waals surface area contributed by atoms with Crippen LogP contribution in [-0.4, -0.2) is 180 Å². The maximum atomic E-state index is 9.86. The number of carbonyl (C=O) groups excluding carboxylic acids is 1. The first kappa shape index (κ1) is 30.4. The molecule has 0 aromatic rings. The molecule has 0 unspecified atom stereocenters. The molecule has 0 amide bonds. The van der Waals surface area contributed by atoms with Gasteiger partial charge in [0.15, 0.2) is 0 Å². The summed E-state index contributed by atoms with van der Waals surface area (Å²) in [5.41, 5.74) is 0. The predicted octanol–water partition coefficient (Wildman–Crippen LogP) is -3.17. The zero-order valence-corrected chi connectivity index (χ0v) is 4.44. The molecule has 0 radical (unpaired) electrons. The fourth-order valence-corrected chi connectivity index (χ4v) is 0.163. The van der Waals surface area contributed by atoms with Crippen molar-refractivity contribution in [2.24, 2.45) is 0 Å². The Bertz CT molecular complexity index is 164. The third kappa shape index (κ3) is 24.5. The van der Waals surface area contributed by atoms with Gasteiger partial charge >= 0.3 is 169 Å². The van der Waals surface area contributed by atoms with Gasteiger partial charge in [-0.25, -0.2) is 14.4 Å². The van der Waals surface area contributed by atoms with Crippen LogP contribution < -0.4 is 0 Å². The Balaban J connectivity index is -0.0000000675. The average Bonchev–Trinajstić information content (AvgIpc) is 1.58. The Morgan fingerprint density at radius 3 is 1.07 bits per heavy atom. The first-order valence-corrected chi connectivity index (χ1v) is 1.88. The first-order valence-electron chi connectivity index (χ1n) is 1.88. The molecule has 0 atom stereocenters. The number of rotatable bonds is 0. The fraction of sp³-hybridized carbons (Fsp3) is 0. The van der Waals surface area contributed by atoms with E-state index in [1.54, 1.807) is 0 Å². The van der Waals surface area contributed by atoms with Gasteiger partial charge in [0.1, 0.15) is 0 Å². The second kappa shape index (κ2) is 18.6. The zero-order valence-electron chi connectivity index (χ0n) is 4.44. The summed E-state index contributed by atoms with van der Waals surface area (Å²) in [5.74, 6) is 0. The number of hydrogen-bond donors (Lipinski definition) is 2. The SMILES string of the molecule is O=C(O)OC(=O)OC(=O)O.[CaH2].[CaH2].[CaH2].[CaH2]. The van der Waals surface area contributed by atoms with Crippen LogP contribution in [0.25, 0.3) is 0 Å². The summed E-state index contributed by atoms with van der Waals surface area (Å²) in [7, 11) is 0. The topological polar surface area (TPSA) is 110 Å². The normalized spacial score (nSPS) is 5.71. The van der Waals surface area contributed by atoms with Gasteiger partial charge in [-0.3, -0.25) is 0 Å². The van der Waals surface area contributed by atoms with E-state index >= 15 is 0 Å². The second-order valence-electron chi connectivity index (χ2n) is 0.986. The van der Waals surface area contributed by atoms with Crippen LogP contribution in [0.1, 0.15) is 0 Å². The molecule has 0 saturated heterocycles. The van der Waals surface area contributed by atoms with Gasteiger partial charge in [0.05, 0.1) is 0 Å². The van der Waals surface area contributed by atoms with Gasteiger partial charge in [-0.15, -0.1) is 0 Å². The van der Waals surface area contributed by atoms with E-state index in [1.807, 2.05) is 0 Å². The van der Waals surface area contributed by atoms with Crippen molar-refractivity contribution in [2.75, 3.05) is 0 Å². The Labute approximate surface area is 198 Å². The molecule has 0 aliphatic rings. The molecular weight excluding hydrogens is 308 g/mol. The Morgan fingerprint density at radius 2 is 0.929 bits per heavy atom. The number of hydrogen-bond acceptors (Lipinski definition) is 5. The molecule has 7 nitrogen and oxygen atoms in total. The quantitative estimate of drug-likeness (QED) is 0.275. The summed E-state index contributed by atoms with van der Waals surface area (Å²) in [5, 5.41) is 15.4. The minimum atomic E-state index is -1.92. The van der Waals surface area contributed by atoms with Gasteiger partial charge in [0.25, 0.3) is 0 Å². The number of carbonyl (C=O) groups is 3. The van der Waals surface area contributed by atoms with E-state index in [9.17, 15) is 14.4 Å². The van der Waals surface area contributed by atoms with Crippen molar-refractivity contribution < 1.29 is 34.1 Å². The standard InChI is InChI=1S/C3H2O7.4Ca.8H/c4-1(5)9-3(8)10-2(6)7;;;;;;;;;;;;/h(H,4,5)(H,6,7);;;;;;;;;;;;. The molecule has 0 heterocycles. The molecular formula is C3H10Ca4O7. The molecule has 2 N–H and O–H groups in total. The number of carboxylic acid groups (broad SMARTS) is 2. The minimum absolute atomic E-state index is 0. The predicted molar refractivity (Wildman–Crippen MR) is 57.8 cm³/mol. The summed E-state index contributed by atoms with van der Waals surface area (Å²) >= 11 is 0. The molecule has 0 rings (SSSR count). The van der Waals surface area contributed by atoms with Crippen molar-refractivity contribution in [3.05, 3.63) is 0 Å². The molecule has 0 spiro atoms. The third-order valence-corrected chi connectivity index (χ3v) is 0.341. The van der Waals surface area contributed by atoms with Gasteiger partial charge in [-0.05, 0) is 0 Å². The molecule has 14 heavy (non-hydrogen) atoms. The van der Waals surface area contributed by atoms with Crippen molar-refractivity contribution in [3.8, 4) is 0 Å². The summed E-state index contributed by atoms with van der Waals surface area (Å²) in [6, 6.07) is 0. The molecule has 0 aromatic heterocycles. The summed E-state index contributed by atoms with van der Waals surface area (Å²) < 4.78 is 6.47. The van der Waals surface area contributed by atoms with E-state index in [0.717, 1.165) is 0 Å². The Morgan fingerprint density at radius 1 is 0.714 bits per heavy atom. The molecule has 0 aliphatic heterocycles.